The zero-order valence-electron chi connectivity index (χ0n) is 14.2. The molecule has 0 saturated heterocycles. The third-order valence-electron chi connectivity index (χ3n) is 3.29. The van der Waals surface area contributed by atoms with E-state index in [9.17, 15) is 9.18 Å². The number of hydrogen-bond acceptors (Lipinski definition) is 2. The van der Waals surface area contributed by atoms with Crippen LogP contribution in [0, 0.1) is 12.7 Å². The first-order chi connectivity index (χ1) is 11.1. The van der Waals surface area contributed by atoms with Crippen molar-refractivity contribution in [1.82, 2.24) is 16.0 Å². The Labute approximate surface area is 137 Å². The quantitative estimate of drug-likeness (QED) is 0.505. The largest absolute Gasteiger partial charge is 0.357 e. The second-order valence-electron chi connectivity index (χ2n) is 5.29. The van der Waals surface area contributed by atoms with Gasteiger partial charge in [-0.15, -0.1) is 0 Å². The van der Waals surface area contributed by atoms with Gasteiger partial charge >= 0.3 is 0 Å². The van der Waals surface area contributed by atoms with Crippen LogP contribution < -0.4 is 16.0 Å². The van der Waals surface area contributed by atoms with E-state index in [0.717, 1.165) is 30.5 Å². The van der Waals surface area contributed by atoms with E-state index in [1.165, 1.54) is 12.1 Å². The van der Waals surface area contributed by atoms with Crippen molar-refractivity contribution >= 4 is 11.9 Å². The average molecular weight is 322 g/mol. The Bertz CT molecular complexity index is 531. The molecule has 23 heavy (non-hydrogen) atoms. The molecule has 0 unspecified atom stereocenters. The molecule has 1 rings (SSSR count). The van der Waals surface area contributed by atoms with E-state index < -0.39 is 0 Å². The average Bonchev–Trinajstić information content (AvgIpc) is 2.52. The third kappa shape index (κ3) is 7.63. The van der Waals surface area contributed by atoms with Gasteiger partial charge in [0, 0.05) is 19.6 Å². The van der Waals surface area contributed by atoms with Crippen molar-refractivity contribution < 1.29 is 9.18 Å². The monoisotopic (exact) mass is 322 g/mol. The van der Waals surface area contributed by atoms with Crippen molar-refractivity contribution in [2.24, 2.45) is 4.99 Å². The molecule has 0 heterocycles. The summed E-state index contributed by atoms with van der Waals surface area (Å²) in [6.07, 6.45) is 1.67. The van der Waals surface area contributed by atoms with Gasteiger partial charge in [0.25, 0.3) is 0 Å². The maximum atomic E-state index is 13.1. The highest BCUT2D eigenvalue weighted by molar-refractivity contribution is 5.84. The van der Waals surface area contributed by atoms with Gasteiger partial charge < -0.3 is 16.0 Å². The van der Waals surface area contributed by atoms with Crippen molar-refractivity contribution in [2.45, 2.75) is 33.6 Å². The van der Waals surface area contributed by atoms with Crippen molar-refractivity contribution in [2.75, 3.05) is 26.2 Å². The summed E-state index contributed by atoms with van der Waals surface area (Å²) < 4.78 is 13.1. The third-order valence-corrected chi connectivity index (χ3v) is 3.29. The number of halogens is 1. The highest BCUT2D eigenvalue weighted by Gasteiger charge is 2.03. The molecule has 0 spiro atoms. The SMILES string of the molecule is CCCNC(=O)CN=C(NCC)NCCc1ccc(F)cc1C. The van der Waals surface area contributed by atoms with Crippen LogP contribution in [0.3, 0.4) is 0 Å². The highest BCUT2D eigenvalue weighted by Crippen LogP contribution is 2.10. The minimum atomic E-state index is -0.216. The summed E-state index contributed by atoms with van der Waals surface area (Å²) in [5.41, 5.74) is 2.03. The first-order valence-electron chi connectivity index (χ1n) is 8.10. The number of carbonyl (C=O) groups is 1. The molecule has 1 amide bonds. The number of benzene rings is 1. The molecule has 0 radical (unpaired) electrons. The van der Waals surface area contributed by atoms with Gasteiger partial charge in [-0.2, -0.15) is 0 Å². The van der Waals surface area contributed by atoms with Crippen LogP contribution in [0.15, 0.2) is 23.2 Å². The zero-order valence-corrected chi connectivity index (χ0v) is 14.2. The summed E-state index contributed by atoms with van der Waals surface area (Å²) in [5.74, 6) is 0.310. The van der Waals surface area contributed by atoms with E-state index >= 15 is 0 Å². The summed E-state index contributed by atoms with van der Waals surface area (Å²) >= 11 is 0. The van der Waals surface area contributed by atoms with Crippen LogP contribution >= 0.6 is 0 Å². The van der Waals surface area contributed by atoms with Crippen LogP contribution in [0.1, 0.15) is 31.4 Å². The molecular formula is C17H27FN4O. The lowest BCUT2D eigenvalue weighted by Gasteiger charge is -2.12. The maximum Gasteiger partial charge on any atom is 0.241 e. The van der Waals surface area contributed by atoms with Gasteiger partial charge in [-0.1, -0.05) is 13.0 Å². The van der Waals surface area contributed by atoms with Gasteiger partial charge in [0.1, 0.15) is 12.4 Å². The first kappa shape index (κ1) is 18.9. The summed E-state index contributed by atoms with van der Waals surface area (Å²) in [5, 5.41) is 9.08. The van der Waals surface area contributed by atoms with Gasteiger partial charge in [-0.3, -0.25) is 4.79 Å². The number of carbonyl (C=O) groups excluding carboxylic acids is 1. The molecule has 0 aromatic heterocycles. The second-order valence-corrected chi connectivity index (χ2v) is 5.29. The van der Waals surface area contributed by atoms with Crippen LogP contribution in [-0.4, -0.2) is 38.0 Å². The number of hydrogen-bond donors (Lipinski definition) is 3. The van der Waals surface area contributed by atoms with Gasteiger partial charge in [-0.05, 0) is 49.9 Å². The lowest BCUT2D eigenvalue weighted by molar-refractivity contribution is -0.119. The van der Waals surface area contributed by atoms with Gasteiger partial charge in [0.05, 0.1) is 0 Å². The summed E-state index contributed by atoms with van der Waals surface area (Å²) in [6, 6.07) is 4.81. The zero-order chi connectivity index (χ0) is 17.1. The number of aliphatic imine (C=N–C) groups is 1. The number of nitrogens with one attached hydrogen (secondary N) is 3. The lowest BCUT2D eigenvalue weighted by Crippen LogP contribution is -2.39. The van der Waals surface area contributed by atoms with Crippen LogP contribution in [0.4, 0.5) is 4.39 Å². The van der Waals surface area contributed by atoms with Crippen LogP contribution in [0.5, 0.6) is 0 Å². The fraction of sp³-hybridized carbons (Fsp3) is 0.529. The second kappa shape index (κ2) is 10.6. The molecule has 3 N–H and O–H groups in total. The first-order valence-corrected chi connectivity index (χ1v) is 8.10. The molecule has 6 heteroatoms. The Hall–Kier alpha value is -2.11. The van der Waals surface area contributed by atoms with E-state index in [1.807, 2.05) is 20.8 Å². The minimum Gasteiger partial charge on any atom is -0.357 e. The maximum absolute atomic E-state index is 13.1. The Morgan fingerprint density at radius 1 is 1.17 bits per heavy atom. The molecule has 0 saturated carbocycles. The molecule has 128 valence electrons. The number of aryl methyl sites for hydroxylation is 1. The predicted octanol–water partition coefficient (Wildman–Crippen LogP) is 1.76. The molecular weight excluding hydrogens is 295 g/mol. The van der Waals surface area contributed by atoms with E-state index in [4.69, 9.17) is 0 Å². The van der Waals surface area contributed by atoms with Crippen LogP contribution in [0.2, 0.25) is 0 Å². The molecule has 1 aromatic carbocycles. The summed E-state index contributed by atoms with van der Waals surface area (Å²) in [7, 11) is 0. The number of rotatable bonds is 8. The fourth-order valence-corrected chi connectivity index (χ4v) is 2.07. The molecule has 1 aromatic rings. The number of nitrogens with zero attached hydrogens (tertiary/aromatic N) is 1. The molecule has 0 bridgehead atoms. The normalized spacial score (nSPS) is 11.2. The van der Waals surface area contributed by atoms with E-state index in [-0.39, 0.29) is 18.3 Å². The molecule has 5 nitrogen and oxygen atoms in total. The number of amides is 1. The fourth-order valence-electron chi connectivity index (χ4n) is 2.07. The molecule has 0 aliphatic heterocycles. The van der Waals surface area contributed by atoms with Gasteiger partial charge in [-0.25, -0.2) is 9.38 Å². The van der Waals surface area contributed by atoms with Crippen LogP contribution in [-0.2, 0) is 11.2 Å². The van der Waals surface area contributed by atoms with E-state index in [2.05, 4.69) is 20.9 Å². The Balaban J connectivity index is 2.47. The van der Waals surface area contributed by atoms with Crippen molar-refractivity contribution in [1.29, 1.82) is 0 Å². The highest BCUT2D eigenvalue weighted by atomic mass is 19.1. The Morgan fingerprint density at radius 2 is 1.96 bits per heavy atom. The standard InChI is InChI=1S/C17H27FN4O/c1-4-9-20-16(23)12-22-17(19-5-2)21-10-8-14-6-7-15(18)11-13(14)3/h6-7,11H,4-5,8-10,12H2,1-3H3,(H,20,23)(H2,19,21,22). The van der Waals surface area contributed by atoms with Crippen molar-refractivity contribution in [3.05, 3.63) is 35.1 Å². The minimum absolute atomic E-state index is 0.0848. The van der Waals surface area contributed by atoms with E-state index in [1.54, 1.807) is 6.07 Å². The molecule has 0 fully saturated rings. The van der Waals surface area contributed by atoms with E-state index in [0.29, 0.717) is 19.0 Å². The number of guanidine groups is 1. The molecule has 0 atom stereocenters. The topological polar surface area (TPSA) is 65.5 Å². The predicted molar refractivity (Wildman–Crippen MR) is 92.1 cm³/mol. The molecule has 0 aliphatic rings. The van der Waals surface area contributed by atoms with Crippen molar-refractivity contribution in [3.63, 3.8) is 0 Å². The van der Waals surface area contributed by atoms with Gasteiger partial charge in [0.2, 0.25) is 5.91 Å². The smallest absolute Gasteiger partial charge is 0.241 e. The lowest BCUT2D eigenvalue weighted by atomic mass is 10.1. The Kier molecular flexibility index (Phi) is 8.72. The van der Waals surface area contributed by atoms with Crippen molar-refractivity contribution in [3.8, 4) is 0 Å². The summed E-state index contributed by atoms with van der Waals surface area (Å²) in [6.45, 7) is 8.03. The Morgan fingerprint density at radius 3 is 2.61 bits per heavy atom. The van der Waals surface area contributed by atoms with Crippen LogP contribution in [0.25, 0.3) is 0 Å². The molecule has 0 aliphatic carbocycles. The summed E-state index contributed by atoms with van der Waals surface area (Å²) in [4.78, 5) is 15.8. The van der Waals surface area contributed by atoms with Gasteiger partial charge in [0.15, 0.2) is 5.96 Å².